The molecule has 1 aromatic rings. The standard InChI is InChI=1S/C10H14N2O/c1-9-10(8-12(2)11-9)6-4-3-5-7-13/h8,13H,3,5,7H2,1-2H3. The smallest absolute Gasteiger partial charge is 0.0750 e. The van der Waals surface area contributed by atoms with Crippen molar-refractivity contribution in [1.29, 1.82) is 0 Å². The Balaban J connectivity index is 2.60. The Bertz CT molecular complexity index is 330. The first-order chi connectivity index (χ1) is 6.24. The zero-order valence-corrected chi connectivity index (χ0v) is 8.04. The van der Waals surface area contributed by atoms with Gasteiger partial charge in [-0.25, -0.2) is 0 Å². The van der Waals surface area contributed by atoms with Crippen LogP contribution in [0.3, 0.4) is 0 Å². The highest BCUT2D eigenvalue weighted by molar-refractivity contribution is 5.35. The molecule has 13 heavy (non-hydrogen) atoms. The van der Waals surface area contributed by atoms with E-state index in [-0.39, 0.29) is 6.61 Å². The van der Waals surface area contributed by atoms with E-state index >= 15 is 0 Å². The zero-order valence-electron chi connectivity index (χ0n) is 8.04. The van der Waals surface area contributed by atoms with Crippen molar-refractivity contribution in [2.75, 3.05) is 6.61 Å². The van der Waals surface area contributed by atoms with Crippen molar-refractivity contribution < 1.29 is 5.11 Å². The number of hydrogen-bond acceptors (Lipinski definition) is 2. The van der Waals surface area contributed by atoms with Crippen LogP contribution >= 0.6 is 0 Å². The highest BCUT2D eigenvalue weighted by Gasteiger charge is 1.97. The van der Waals surface area contributed by atoms with Crippen molar-refractivity contribution in [2.45, 2.75) is 19.8 Å². The maximum absolute atomic E-state index is 8.54. The second kappa shape index (κ2) is 4.68. The number of aromatic nitrogens is 2. The van der Waals surface area contributed by atoms with Gasteiger partial charge in [-0.2, -0.15) is 5.10 Å². The van der Waals surface area contributed by atoms with Crippen LogP contribution in [-0.2, 0) is 7.05 Å². The molecule has 0 aliphatic rings. The summed E-state index contributed by atoms with van der Waals surface area (Å²) < 4.78 is 1.76. The molecule has 0 fully saturated rings. The number of aliphatic hydroxyl groups is 1. The van der Waals surface area contributed by atoms with Gasteiger partial charge in [0, 0.05) is 26.3 Å². The Hall–Kier alpha value is -1.27. The van der Waals surface area contributed by atoms with E-state index in [0.717, 1.165) is 24.1 Å². The molecule has 1 heterocycles. The molecule has 0 aromatic carbocycles. The van der Waals surface area contributed by atoms with E-state index in [2.05, 4.69) is 16.9 Å². The van der Waals surface area contributed by atoms with Gasteiger partial charge in [0.25, 0.3) is 0 Å². The van der Waals surface area contributed by atoms with Gasteiger partial charge in [-0.15, -0.1) is 0 Å². The number of aryl methyl sites for hydroxylation is 2. The molecule has 1 N–H and O–H groups in total. The van der Waals surface area contributed by atoms with Crippen LogP contribution in [0.15, 0.2) is 6.20 Å². The lowest BCUT2D eigenvalue weighted by molar-refractivity contribution is 0.290. The van der Waals surface area contributed by atoms with Crippen LogP contribution in [0.2, 0.25) is 0 Å². The van der Waals surface area contributed by atoms with Crippen LogP contribution in [0.1, 0.15) is 24.1 Å². The van der Waals surface area contributed by atoms with Gasteiger partial charge in [0.2, 0.25) is 0 Å². The summed E-state index contributed by atoms with van der Waals surface area (Å²) >= 11 is 0. The molecule has 0 aliphatic carbocycles. The number of nitrogens with zero attached hydrogens (tertiary/aromatic N) is 2. The monoisotopic (exact) mass is 178 g/mol. The van der Waals surface area contributed by atoms with Crippen molar-refractivity contribution in [3.05, 3.63) is 17.5 Å². The predicted molar refractivity (Wildman–Crippen MR) is 51.1 cm³/mol. The molecule has 3 heteroatoms. The van der Waals surface area contributed by atoms with Crippen LogP contribution in [0.4, 0.5) is 0 Å². The molecule has 1 aromatic heterocycles. The average Bonchev–Trinajstić information content (AvgIpc) is 2.39. The van der Waals surface area contributed by atoms with Crippen molar-refractivity contribution in [1.82, 2.24) is 9.78 Å². The van der Waals surface area contributed by atoms with Crippen molar-refractivity contribution >= 4 is 0 Å². The van der Waals surface area contributed by atoms with Gasteiger partial charge in [-0.1, -0.05) is 11.8 Å². The minimum atomic E-state index is 0.209. The summed E-state index contributed by atoms with van der Waals surface area (Å²) in [4.78, 5) is 0. The van der Waals surface area contributed by atoms with Gasteiger partial charge in [-0.05, 0) is 13.3 Å². The minimum Gasteiger partial charge on any atom is -0.396 e. The van der Waals surface area contributed by atoms with E-state index in [1.165, 1.54) is 0 Å². The summed E-state index contributed by atoms with van der Waals surface area (Å²) in [5, 5.41) is 12.7. The number of aliphatic hydroxyl groups excluding tert-OH is 1. The summed E-state index contributed by atoms with van der Waals surface area (Å²) in [6.07, 6.45) is 3.39. The Labute approximate surface area is 78.4 Å². The quantitative estimate of drug-likeness (QED) is 0.538. The number of hydrogen-bond donors (Lipinski definition) is 1. The fraction of sp³-hybridized carbons (Fsp3) is 0.500. The third-order valence-electron chi connectivity index (χ3n) is 1.70. The van der Waals surface area contributed by atoms with Crippen LogP contribution < -0.4 is 0 Å². The van der Waals surface area contributed by atoms with Gasteiger partial charge in [0.1, 0.15) is 0 Å². The largest absolute Gasteiger partial charge is 0.396 e. The summed E-state index contributed by atoms with van der Waals surface area (Å²) in [7, 11) is 1.88. The van der Waals surface area contributed by atoms with Gasteiger partial charge >= 0.3 is 0 Å². The van der Waals surface area contributed by atoms with E-state index < -0.39 is 0 Å². The highest BCUT2D eigenvalue weighted by atomic mass is 16.2. The fourth-order valence-corrected chi connectivity index (χ4v) is 1.05. The molecule has 0 unspecified atom stereocenters. The molecule has 0 amide bonds. The van der Waals surface area contributed by atoms with E-state index in [1.54, 1.807) is 4.68 Å². The Morgan fingerprint density at radius 3 is 2.92 bits per heavy atom. The first-order valence-electron chi connectivity index (χ1n) is 4.34. The average molecular weight is 178 g/mol. The summed E-state index contributed by atoms with van der Waals surface area (Å²) in [6, 6.07) is 0. The first-order valence-corrected chi connectivity index (χ1v) is 4.34. The first kappa shape index (κ1) is 9.82. The van der Waals surface area contributed by atoms with Crippen molar-refractivity contribution in [3.63, 3.8) is 0 Å². The lowest BCUT2D eigenvalue weighted by Gasteiger charge is -1.84. The van der Waals surface area contributed by atoms with E-state index in [1.807, 2.05) is 20.2 Å². The second-order valence-corrected chi connectivity index (χ2v) is 2.93. The van der Waals surface area contributed by atoms with Crippen LogP contribution in [0.25, 0.3) is 0 Å². The molecule has 0 saturated carbocycles. The zero-order chi connectivity index (χ0) is 9.68. The molecule has 0 spiro atoms. The molecule has 0 atom stereocenters. The highest BCUT2D eigenvalue weighted by Crippen LogP contribution is 2.01. The molecular formula is C10H14N2O. The van der Waals surface area contributed by atoms with Gasteiger partial charge < -0.3 is 5.11 Å². The molecule has 0 aliphatic heterocycles. The molecule has 0 bridgehead atoms. The predicted octanol–water partition coefficient (Wildman–Crippen LogP) is 0.853. The lowest BCUT2D eigenvalue weighted by Crippen LogP contribution is -1.86. The fourth-order valence-electron chi connectivity index (χ4n) is 1.05. The summed E-state index contributed by atoms with van der Waals surface area (Å²) in [6.45, 7) is 2.15. The normalized spacial score (nSPS) is 9.46. The Morgan fingerprint density at radius 1 is 1.62 bits per heavy atom. The lowest BCUT2D eigenvalue weighted by atomic mass is 10.2. The number of unbranched alkanes of at least 4 members (excludes halogenated alkanes) is 1. The van der Waals surface area contributed by atoms with Gasteiger partial charge in [0.15, 0.2) is 0 Å². The third kappa shape index (κ3) is 2.92. The van der Waals surface area contributed by atoms with Crippen molar-refractivity contribution in [3.8, 4) is 11.8 Å². The molecular weight excluding hydrogens is 164 g/mol. The van der Waals surface area contributed by atoms with Crippen LogP contribution in [-0.4, -0.2) is 21.5 Å². The van der Waals surface area contributed by atoms with Gasteiger partial charge in [-0.3, -0.25) is 4.68 Å². The molecule has 0 saturated heterocycles. The van der Waals surface area contributed by atoms with E-state index in [4.69, 9.17) is 5.11 Å². The summed E-state index contributed by atoms with van der Waals surface area (Å²) in [5.41, 5.74) is 1.93. The topological polar surface area (TPSA) is 38.0 Å². The molecule has 1 rings (SSSR count). The molecule has 0 radical (unpaired) electrons. The molecule has 3 nitrogen and oxygen atoms in total. The van der Waals surface area contributed by atoms with E-state index in [9.17, 15) is 0 Å². The van der Waals surface area contributed by atoms with E-state index in [0.29, 0.717) is 0 Å². The van der Waals surface area contributed by atoms with Gasteiger partial charge in [0.05, 0.1) is 11.3 Å². The van der Waals surface area contributed by atoms with Crippen LogP contribution in [0, 0.1) is 18.8 Å². The minimum absolute atomic E-state index is 0.209. The maximum atomic E-state index is 8.54. The summed E-state index contributed by atoms with van der Waals surface area (Å²) in [5.74, 6) is 6.02. The number of rotatable bonds is 2. The van der Waals surface area contributed by atoms with Crippen molar-refractivity contribution in [2.24, 2.45) is 7.05 Å². The molecule has 70 valence electrons. The maximum Gasteiger partial charge on any atom is 0.0750 e. The third-order valence-corrected chi connectivity index (χ3v) is 1.70. The van der Waals surface area contributed by atoms with Crippen LogP contribution in [0.5, 0.6) is 0 Å². The second-order valence-electron chi connectivity index (χ2n) is 2.93. The Morgan fingerprint density at radius 2 is 2.38 bits per heavy atom. The SMILES string of the molecule is Cc1nn(C)cc1C#CCCCO. The Kier molecular flexibility index (Phi) is 3.53.